The molecule has 288 valence electrons. The first-order valence-electron chi connectivity index (χ1n) is 19.7. The Hall–Kier alpha value is -3.51. The van der Waals surface area contributed by atoms with E-state index in [2.05, 4.69) is 51.1 Å². The van der Waals surface area contributed by atoms with Crippen molar-refractivity contribution in [2.75, 3.05) is 0 Å². The lowest BCUT2D eigenvalue weighted by Crippen LogP contribution is -2.09. The Morgan fingerprint density at radius 1 is 0.545 bits per heavy atom. The van der Waals surface area contributed by atoms with Crippen LogP contribution in [0.15, 0.2) is 69.4 Å². The number of fused-ring (bicyclic) bond motifs is 2. The predicted octanol–water partition coefficient (Wildman–Crippen LogP) is 16.3. The van der Waals surface area contributed by atoms with E-state index in [-0.39, 0.29) is 0 Å². The zero-order valence-corrected chi connectivity index (χ0v) is 35.0. The van der Waals surface area contributed by atoms with Crippen LogP contribution in [0.25, 0.3) is 52.8 Å². The number of unbranched alkanes of at least 4 members (excludes halogenated alkanes) is 10. The molecule has 11 heteroatoms. The summed E-state index contributed by atoms with van der Waals surface area (Å²) in [7, 11) is 0. The monoisotopic (exact) mass is 816 g/mol. The van der Waals surface area contributed by atoms with Crippen molar-refractivity contribution < 1.29 is 13.2 Å². The maximum atomic E-state index is 14.1. The van der Waals surface area contributed by atoms with E-state index in [9.17, 15) is 13.2 Å². The van der Waals surface area contributed by atoms with Crippen LogP contribution in [0.1, 0.15) is 113 Å². The molecule has 0 saturated heterocycles. The van der Waals surface area contributed by atoms with E-state index in [1.54, 1.807) is 34.8 Å². The SMILES string of the molecule is CCCCCCCCc1cc(-c2ccc(-c3c4c(c(-c5ccc(-c6ccc(C(F)(F)F)c(CCCCCCCC)c6)s5)c5nsnc35)N=S=N4)s2)ccc1C. The molecule has 4 heterocycles. The lowest BCUT2D eigenvalue weighted by atomic mass is 9.97. The van der Waals surface area contributed by atoms with E-state index in [1.165, 1.54) is 95.7 Å². The van der Waals surface area contributed by atoms with Crippen molar-refractivity contribution in [3.63, 3.8) is 0 Å². The highest BCUT2D eigenvalue weighted by molar-refractivity contribution is 7.58. The van der Waals surface area contributed by atoms with Gasteiger partial charge in [0.05, 0.1) is 28.6 Å². The fourth-order valence-corrected chi connectivity index (χ4v) is 10.7. The summed E-state index contributed by atoms with van der Waals surface area (Å²) in [4.78, 5) is 4.12. The second-order valence-corrected chi connectivity index (χ2v) is 17.8. The maximum Gasteiger partial charge on any atom is 0.416 e. The second kappa shape index (κ2) is 18.2. The van der Waals surface area contributed by atoms with E-state index >= 15 is 0 Å². The molecule has 0 radical (unpaired) electrons. The predicted molar refractivity (Wildman–Crippen MR) is 230 cm³/mol. The minimum Gasteiger partial charge on any atom is -0.172 e. The van der Waals surface area contributed by atoms with Gasteiger partial charge in [0.25, 0.3) is 0 Å². The van der Waals surface area contributed by atoms with Crippen LogP contribution >= 0.6 is 34.4 Å². The third-order valence-corrected chi connectivity index (χ3v) is 13.9. The molecule has 6 aromatic rings. The van der Waals surface area contributed by atoms with Gasteiger partial charge in [-0.15, -0.1) is 22.7 Å². The highest BCUT2D eigenvalue weighted by atomic mass is 32.1. The standard InChI is InChI=1S/C44H47F3N4S4/c1-4-6-8-10-12-14-16-29-26-31(19-18-28(29)3)34-22-24-36(52-34)38-40-42(50-54-48-40)39(43-41(38)49-55-51-43)37-25-23-35(53-37)32-20-21-33(44(45,46)47)30(27-32)17-15-13-11-9-7-5-2/h18-27H,4-17H2,1-3H3. The number of hydrogen-bond acceptors (Lipinski definition) is 7. The van der Waals surface area contributed by atoms with Gasteiger partial charge in [0.1, 0.15) is 22.4 Å². The molecule has 0 unspecified atom stereocenters. The number of alkyl halides is 3. The highest BCUT2D eigenvalue weighted by Gasteiger charge is 2.33. The van der Waals surface area contributed by atoms with E-state index in [1.807, 2.05) is 12.1 Å². The van der Waals surface area contributed by atoms with E-state index in [4.69, 9.17) is 17.5 Å². The van der Waals surface area contributed by atoms with Crippen LogP contribution in [0.3, 0.4) is 0 Å². The van der Waals surface area contributed by atoms with Crippen LogP contribution in [0.2, 0.25) is 0 Å². The summed E-state index contributed by atoms with van der Waals surface area (Å²) >= 11 is 5.64. The lowest BCUT2D eigenvalue weighted by Gasteiger charge is -2.14. The molecule has 4 nitrogen and oxygen atoms in total. The van der Waals surface area contributed by atoms with Gasteiger partial charge in [-0.05, 0) is 96.8 Å². The Morgan fingerprint density at radius 3 is 1.56 bits per heavy atom. The smallest absolute Gasteiger partial charge is 0.172 e. The summed E-state index contributed by atoms with van der Waals surface area (Å²) in [5.74, 6) is 0. The minimum absolute atomic E-state index is 0.368. The van der Waals surface area contributed by atoms with Gasteiger partial charge in [-0.25, -0.2) is 0 Å². The molecule has 1 aliphatic rings. The van der Waals surface area contributed by atoms with Gasteiger partial charge in [-0.2, -0.15) is 30.6 Å². The molecule has 1 aliphatic heterocycles. The first-order chi connectivity index (χ1) is 26.8. The van der Waals surface area contributed by atoms with E-state index in [0.29, 0.717) is 12.0 Å². The molecule has 3 aromatic carbocycles. The average Bonchev–Trinajstić information content (AvgIpc) is 4.02. The van der Waals surface area contributed by atoms with E-state index in [0.717, 1.165) is 92.3 Å². The topological polar surface area (TPSA) is 50.5 Å². The van der Waals surface area contributed by atoms with Crippen molar-refractivity contribution in [3.8, 4) is 41.8 Å². The molecule has 0 aliphatic carbocycles. The van der Waals surface area contributed by atoms with Gasteiger partial charge in [0.15, 0.2) is 0 Å². The zero-order valence-electron chi connectivity index (χ0n) is 31.7. The first-order valence-corrected chi connectivity index (χ1v) is 22.8. The van der Waals surface area contributed by atoms with Crippen molar-refractivity contribution in [1.82, 2.24) is 8.75 Å². The summed E-state index contributed by atoms with van der Waals surface area (Å²) < 4.78 is 61.4. The number of aromatic nitrogens is 2. The summed E-state index contributed by atoms with van der Waals surface area (Å²) in [5.41, 5.74) is 9.59. The second-order valence-electron chi connectivity index (χ2n) is 14.5. The van der Waals surface area contributed by atoms with Crippen LogP contribution in [-0.2, 0) is 30.4 Å². The number of halogens is 3. The molecule has 0 saturated carbocycles. The molecular formula is C44H47F3N4S4. The normalized spacial score (nSPS) is 12.5. The fourth-order valence-electron chi connectivity index (χ4n) is 7.50. The summed E-state index contributed by atoms with van der Waals surface area (Å²) in [6.45, 7) is 6.64. The number of thiophene rings is 2. The molecule has 7 rings (SSSR count). The van der Waals surface area contributed by atoms with Crippen molar-refractivity contribution in [2.45, 2.75) is 117 Å². The van der Waals surface area contributed by atoms with Gasteiger partial charge in [-0.1, -0.05) is 102 Å². The molecule has 0 atom stereocenters. The molecular weight excluding hydrogens is 770 g/mol. The molecule has 55 heavy (non-hydrogen) atoms. The third-order valence-electron chi connectivity index (χ3n) is 10.6. The van der Waals surface area contributed by atoms with Gasteiger partial charge in [0, 0.05) is 30.6 Å². The molecule has 0 fully saturated rings. The summed E-state index contributed by atoms with van der Waals surface area (Å²) in [6, 6.07) is 19.8. The average molecular weight is 817 g/mol. The number of rotatable bonds is 18. The lowest BCUT2D eigenvalue weighted by molar-refractivity contribution is -0.138. The Labute approximate surface area is 338 Å². The Balaban J connectivity index is 1.16. The number of aryl methyl sites for hydroxylation is 3. The number of hydrogen-bond donors (Lipinski definition) is 0. The van der Waals surface area contributed by atoms with Crippen LogP contribution in [-0.4, -0.2) is 8.75 Å². The third kappa shape index (κ3) is 9.06. The van der Waals surface area contributed by atoms with Crippen molar-refractivity contribution >= 4 is 68.2 Å². The maximum absolute atomic E-state index is 14.1. The molecule has 0 bridgehead atoms. The summed E-state index contributed by atoms with van der Waals surface area (Å²) in [5, 5.41) is 0. The Kier molecular flexibility index (Phi) is 13.1. The fraction of sp³-hybridized carbons (Fsp3) is 0.409. The van der Waals surface area contributed by atoms with Gasteiger partial charge < -0.3 is 0 Å². The van der Waals surface area contributed by atoms with Crippen LogP contribution in [0.4, 0.5) is 24.5 Å². The number of benzene rings is 3. The molecule has 0 amide bonds. The Morgan fingerprint density at radius 2 is 1.02 bits per heavy atom. The zero-order chi connectivity index (χ0) is 38.4. The van der Waals surface area contributed by atoms with Gasteiger partial charge >= 0.3 is 6.18 Å². The van der Waals surface area contributed by atoms with Crippen molar-refractivity contribution in [1.29, 1.82) is 0 Å². The quantitative estimate of drug-likeness (QED) is 0.0810. The highest BCUT2D eigenvalue weighted by Crippen LogP contribution is 2.55. The van der Waals surface area contributed by atoms with Gasteiger partial charge in [-0.3, -0.25) is 0 Å². The van der Waals surface area contributed by atoms with E-state index < -0.39 is 11.7 Å². The minimum atomic E-state index is -4.38. The molecule has 0 N–H and O–H groups in total. The largest absolute Gasteiger partial charge is 0.416 e. The van der Waals surface area contributed by atoms with Crippen LogP contribution in [0.5, 0.6) is 0 Å². The molecule has 3 aromatic heterocycles. The van der Waals surface area contributed by atoms with Gasteiger partial charge in [0.2, 0.25) is 0 Å². The Bertz CT molecular complexity index is 2330. The first kappa shape index (κ1) is 39.7. The van der Waals surface area contributed by atoms with Crippen molar-refractivity contribution in [3.05, 3.63) is 82.9 Å². The number of nitrogens with zero attached hydrogens (tertiary/aromatic N) is 4. The molecule has 0 spiro atoms. The van der Waals surface area contributed by atoms with Crippen molar-refractivity contribution in [2.24, 2.45) is 8.73 Å². The van der Waals surface area contributed by atoms with Crippen LogP contribution < -0.4 is 0 Å². The summed E-state index contributed by atoms with van der Waals surface area (Å²) in [6.07, 6.45) is 11.1. The van der Waals surface area contributed by atoms with Crippen LogP contribution in [0, 0.1) is 6.92 Å².